The molecule has 2 amide bonds. The largest absolute Gasteiger partial charge is 0.399 e. The zero-order chi connectivity index (χ0) is 28.4. The van der Waals surface area contributed by atoms with Crippen LogP contribution in [0.15, 0.2) is 71.6 Å². The van der Waals surface area contributed by atoms with Crippen molar-refractivity contribution in [1.29, 1.82) is 0 Å². The molecule has 3 aromatic rings. The molecule has 0 spiro atoms. The molecule has 39 heavy (non-hydrogen) atoms. The van der Waals surface area contributed by atoms with Crippen LogP contribution in [0.4, 0.5) is 5.69 Å². The molecular formula is C29H38N4O5S. The number of primary amides is 1. The number of rotatable bonds is 15. The summed E-state index contributed by atoms with van der Waals surface area (Å²) in [6, 6.07) is 19.3. The zero-order valence-electron chi connectivity index (χ0n) is 22.3. The molecule has 0 heterocycles. The number of sulfonamides is 1. The minimum atomic E-state index is -4.02. The van der Waals surface area contributed by atoms with Crippen LogP contribution in [-0.2, 0) is 26.0 Å². The van der Waals surface area contributed by atoms with Gasteiger partial charge in [-0.25, -0.2) is 8.42 Å². The summed E-state index contributed by atoms with van der Waals surface area (Å²) in [6.07, 6.45) is 2.53. The van der Waals surface area contributed by atoms with Crippen LogP contribution in [0.3, 0.4) is 0 Å². The van der Waals surface area contributed by atoms with Gasteiger partial charge < -0.3 is 21.9 Å². The van der Waals surface area contributed by atoms with E-state index in [-0.39, 0.29) is 17.3 Å². The summed E-state index contributed by atoms with van der Waals surface area (Å²) in [4.78, 5) is 24.1. The maximum atomic E-state index is 13.4. The van der Waals surface area contributed by atoms with Gasteiger partial charge in [0.2, 0.25) is 21.8 Å². The molecule has 0 aliphatic carbocycles. The average molecular weight is 555 g/mol. The molecular weight excluding hydrogens is 516 g/mol. The number of hydrogen-bond donors (Lipinski definition) is 4. The molecule has 0 radical (unpaired) electrons. The lowest BCUT2D eigenvalue weighted by atomic mass is 10.0. The van der Waals surface area contributed by atoms with Gasteiger partial charge >= 0.3 is 0 Å². The van der Waals surface area contributed by atoms with Gasteiger partial charge in [-0.1, -0.05) is 55.8 Å². The molecule has 2 unspecified atom stereocenters. The van der Waals surface area contributed by atoms with Crippen molar-refractivity contribution in [2.75, 3.05) is 25.4 Å². The Bertz CT molecular complexity index is 1360. The third-order valence-corrected chi connectivity index (χ3v) is 8.72. The molecule has 0 saturated heterocycles. The van der Waals surface area contributed by atoms with Gasteiger partial charge in [-0.15, -0.1) is 0 Å². The SMILES string of the molecule is CC(CN(C(CO)CCCCNC(=O)CCc1ccc2ccccc2c1)S(=O)(=O)c1ccc(N)cc1)C(N)=O. The maximum absolute atomic E-state index is 13.4. The molecule has 0 saturated carbocycles. The van der Waals surface area contributed by atoms with E-state index in [0.29, 0.717) is 44.3 Å². The van der Waals surface area contributed by atoms with E-state index in [1.165, 1.54) is 24.3 Å². The molecule has 10 heteroatoms. The van der Waals surface area contributed by atoms with E-state index in [2.05, 4.69) is 29.6 Å². The molecule has 2 atom stereocenters. The Labute approximate surface area is 230 Å². The fraction of sp³-hybridized carbons (Fsp3) is 0.379. The highest BCUT2D eigenvalue weighted by molar-refractivity contribution is 7.89. The van der Waals surface area contributed by atoms with E-state index in [1.54, 1.807) is 6.92 Å². The number of amides is 2. The highest BCUT2D eigenvalue weighted by Gasteiger charge is 2.33. The van der Waals surface area contributed by atoms with Crippen LogP contribution in [0.1, 0.15) is 38.2 Å². The first kappa shape index (κ1) is 30.1. The van der Waals surface area contributed by atoms with Gasteiger partial charge in [0.25, 0.3) is 0 Å². The van der Waals surface area contributed by atoms with Gasteiger partial charge in [-0.3, -0.25) is 9.59 Å². The quantitative estimate of drug-likeness (QED) is 0.167. The lowest BCUT2D eigenvalue weighted by Crippen LogP contribution is -2.46. The van der Waals surface area contributed by atoms with Gasteiger partial charge in [0.1, 0.15) is 0 Å². The number of aliphatic hydroxyl groups excluding tert-OH is 1. The molecule has 3 rings (SSSR count). The van der Waals surface area contributed by atoms with Crippen LogP contribution in [0.5, 0.6) is 0 Å². The second-order valence-electron chi connectivity index (χ2n) is 9.81. The van der Waals surface area contributed by atoms with E-state index in [9.17, 15) is 23.1 Å². The van der Waals surface area contributed by atoms with E-state index in [0.717, 1.165) is 20.6 Å². The average Bonchev–Trinajstić information content (AvgIpc) is 2.92. The van der Waals surface area contributed by atoms with Crippen LogP contribution in [0.25, 0.3) is 10.8 Å². The number of nitrogens with zero attached hydrogens (tertiary/aromatic N) is 1. The normalized spacial score (nSPS) is 13.3. The van der Waals surface area contributed by atoms with Crippen molar-refractivity contribution in [3.8, 4) is 0 Å². The number of nitrogen functional groups attached to an aromatic ring is 1. The molecule has 0 bridgehead atoms. The van der Waals surface area contributed by atoms with Gasteiger partial charge in [0, 0.05) is 37.2 Å². The Morgan fingerprint density at radius 1 is 1.00 bits per heavy atom. The monoisotopic (exact) mass is 554 g/mol. The zero-order valence-corrected chi connectivity index (χ0v) is 23.1. The third kappa shape index (κ3) is 8.51. The number of nitrogens with two attached hydrogens (primary N) is 2. The summed E-state index contributed by atoms with van der Waals surface area (Å²) in [6.45, 7) is 1.42. The fourth-order valence-electron chi connectivity index (χ4n) is 4.38. The van der Waals surface area contributed by atoms with E-state index < -0.39 is 34.5 Å². The van der Waals surface area contributed by atoms with Crippen molar-refractivity contribution in [3.05, 3.63) is 72.3 Å². The molecule has 9 nitrogen and oxygen atoms in total. The molecule has 0 aliphatic rings. The van der Waals surface area contributed by atoms with Crippen molar-refractivity contribution < 1.29 is 23.1 Å². The highest BCUT2D eigenvalue weighted by Crippen LogP contribution is 2.23. The lowest BCUT2D eigenvalue weighted by Gasteiger charge is -2.31. The number of carbonyl (C=O) groups excluding carboxylic acids is 2. The Kier molecular flexibility index (Phi) is 10.8. The second-order valence-corrected chi connectivity index (χ2v) is 11.7. The van der Waals surface area contributed by atoms with Crippen LogP contribution in [0, 0.1) is 5.92 Å². The molecule has 210 valence electrons. The van der Waals surface area contributed by atoms with Crippen molar-refractivity contribution in [2.45, 2.75) is 50.0 Å². The van der Waals surface area contributed by atoms with Crippen molar-refractivity contribution in [2.24, 2.45) is 11.7 Å². The number of carbonyl (C=O) groups is 2. The van der Waals surface area contributed by atoms with Gasteiger partial charge in [-0.2, -0.15) is 4.31 Å². The molecule has 0 aliphatic heterocycles. The van der Waals surface area contributed by atoms with Crippen LogP contribution < -0.4 is 16.8 Å². The first-order chi connectivity index (χ1) is 18.6. The summed E-state index contributed by atoms with van der Waals surface area (Å²) in [5, 5.41) is 15.3. The van der Waals surface area contributed by atoms with Gasteiger partial charge in [-0.05, 0) is 59.9 Å². The number of benzene rings is 3. The number of unbranched alkanes of at least 4 members (excludes halogenated alkanes) is 1. The number of hydrogen-bond acceptors (Lipinski definition) is 6. The van der Waals surface area contributed by atoms with Gasteiger partial charge in [0.05, 0.1) is 11.5 Å². The maximum Gasteiger partial charge on any atom is 0.243 e. The first-order valence-corrected chi connectivity index (χ1v) is 14.6. The van der Waals surface area contributed by atoms with E-state index >= 15 is 0 Å². The number of aryl methyl sites for hydroxylation is 1. The summed E-state index contributed by atoms with van der Waals surface area (Å²) in [5.74, 6) is -1.43. The van der Waals surface area contributed by atoms with E-state index in [4.69, 9.17) is 11.5 Å². The Hall–Kier alpha value is -3.47. The van der Waals surface area contributed by atoms with E-state index in [1.807, 2.05) is 18.2 Å². The van der Waals surface area contributed by atoms with Crippen molar-refractivity contribution in [3.63, 3.8) is 0 Å². The summed E-state index contributed by atoms with van der Waals surface area (Å²) < 4.78 is 28.0. The molecule has 0 aromatic heterocycles. The number of aliphatic hydroxyl groups is 1. The molecule has 3 aromatic carbocycles. The number of anilines is 1. The number of fused-ring (bicyclic) bond motifs is 1. The van der Waals surface area contributed by atoms with Crippen LogP contribution in [-0.4, -0.2) is 55.4 Å². The summed E-state index contributed by atoms with van der Waals surface area (Å²) in [5.41, 5.74) is 12.6. The highest BCUT2D eigenvalue weighted by atomic mass is 32.2. The minimum absolute atomic E-state index is 0.0190. The smallest absolute Gasteiger partial charge is 0.243 e. The van der Waals surface area contributed by atoms with Crippen molar-refractivity contribution >= 4 is 38.3 Å². The molecule has 6 N–H and O–H groups in total. The fourth-order valence-corrected chi connectivity index (χ4v) is 6.11. The number of nitrogens with one attached hydrogen (secondary N) is 1. The Balaban J connectivity index is 1.52. The lowest BCUT2D eigenvalue weighted by molar-refractivity contribution is -0.122. The van der Waals surface area contributed by atoms with Crippen LogP contribution in [0.2, 0.25) is 0 Å². The Morgan fingerprint density at radius 2 is 1.69 bits per heavy atom. The second kappa shape index (κ2) is 14.1. The van der Waals surface area contributed by atoms with Gasteiger partial charge in [0.15, 0.2) is 0 Å². The summed E-state index contributed by atoms with van der Waals surface area (Å²) in [7, 11) is -4.02. The van der Waals surface area contributed by atoms with Crippen molar-refractivity contribution in [1.82, 2.24) is 9.62 Å². The Morgan fingerprint density at radius 3 is 2.36 bits per heavy atom. The van der Waals surface area contributed by atoms with Crippen LogP contribution >= 0.6 is 0 Å². The minimum Gasteiger partial charge on any atom is -0.399 e. The standard InChI is InChI=1S/C29H38N4O5S/c1-21(29(31)36)19-33(39(37,38)27-14-12-25(30)13-15-27)26(20-34)8-4-5-17-32-28(35)16-10-22-9-11-23-6-2-3-7-24(23)18-22/h2-3,6-7,9,11-15,18,21,26,34H,4-5,8,10,16-17,19-20,30H2,1H3,(H2,31,36)(H,32,35). The first-order valence-electron chi connectivity index (χ1n) is 13.1. The third-order valence-electron chi connectivity index (χ3n) is 6.79. The molecule has 0 fully saturated rings. The predicted molar refractivity (Wildman–Crippen MR) is 153 cm³/mol. The topological polar surface area (TPSA) is 156 Å². The predicted octanol–water partition coefficient (Wildman–Crippen LogP) is 2.81. The summed E-state index contributed by atoms with van der Waals surface area (Å²) >= 11 is 0.